The molecule has 6 nitrogen and oxygen atoms in total. The fourth-order valence-electron chi connectivity index (χ4n) is 2.49. The van der Waals surface area contributed by atoms with Crippen molar-refractivity contribution in [2.45, 2.75) is 25.0 Å². The molecule has 1 N–H and O–H groups in total. The Morgan fingerprint density at radius 2 is 2.04 bits per heavy atom. The molecule has 2 heterocycles. The summed E-state index contributed by atoms with van der Waals surface area (Å²) < 4.78 is 16.7. The lowest BCUT2D eigenvalue weighted by atomic mass is 10.3. The quantitative estimate of drug-likeness (QED) is 0.683. The Morgan fingerprint density at radius 3 is 2.72 bits per heavy atom. The van der Waals surface area contributed by atoms with E-state index in [2.05, 4.69) is 15.4 Å². The molecule has 0 atom stereocenters. The predicted octanol–water partition coefficient (Wildman–Crippen LogP) is 3.59. The number of rotatable bonds is 6. The number of aromatic nitrogens is 4. The van der Waals surface area contributed by atoms with Crippen molar-refractivity contribution in [3.05, 3.63) is 54.2 Å². The molecule has 0 spiro atoms. The van der Waals surface area contributed by atoms with E-state index in [9.17, 15) is 9.18 Å². The molecule has 0 unspecified atom stereocenters. The molecule has 0 aliphatic carbocycles. The fraction of sp³-hybridized carbons (Fsp3) is 0.235. The van der Waals surface area contributed by atoms with Crippen LogP contribution in [0, 0.1) is 5.82 Å². The van der Waals surface area contributed by atoms with Gasteiger partial charge in [0, 0.05) is 18.3 Å². The number of carbonyl (C=O) groups excluding carboxylic acids is 1. The number of halogens is 1. The van der Waals surface area contributed by atoms with E-state index in [0.29, 0.717) is 22.4 Å². The monoisotopic (exact) mass is 359 g/mol. The average Bonchev–Trinajstić information content (AvgIpc) is 3.23. The Hall–Kier alpha value is -2.61. The van der Waals surface area contributed by atoms with E-state index in [0.717, 1.165) is 13.0 Å². The molecule has 0 radical (unpaired) electrons. The zero-order valence-electron chi connectivity index (χ0n) is 13.9. The van der Waals surface area contributed by atoms with Crippen LogP contribution in [0.3, 0.4) is 0 Å². The molecule has 0 fully saturated rings. The molecular formula is C17H18FN5OS. The van der Waals surface area contributed by atoms with Crippen molar-refractivity contribution >= 4 is 23.5 Å². The average molecular weight is 359 g/mol. The van der Waals surface area contributed by atoms with E-state index < -0.39 is 0 Å². The molecular weight excluding hydrogens is 341 g/mol. The number of hydrogen-bond acceptors (Lipinski definition) is 4. The molecule has 1 amide bonds. The van der Waals surface area contributed by atoms with E-state index in [1.54, 1.807) is 33.6 Å². The van der Waals surface area contributed by atoms with Gasteiger partial charge in [-0.15, -0.1) is 0 Å². The zero-order chi connectivity index (χ0) is 17.8. The first kappa shape index (κ1) is 17.2. The molecule has 3 rings (SSSR count). The largest absolute Gasteiger partial charge is 0.305 e. The van der Waals surface area contributed by atoms with E-state index in [1.807, 2.05) is 13.2 Å². The lowest BCUT2D eigenvalue weighted by Crippen LogP contribution is -2.19. The Balaban J connectivity index is 1.94. The van der Waals surface area contributed by atoms with Crippen LogP contribution in [-0.2, 0) is 6.54 Å². The topological polar surface area (TPSA) is 64.7 Å². The number of nitrogens with zero attached hydrogens (tertiary/aromatic N) is 4. The predicted molar refractivity (Wildman–Crippen MR) is 95.8 cm³/mol. The summed E-state index contributed by atoms with van der Waals surface area (Å²) in [4.78, 5) is 17.1. The van der Waals surface area contributed by atoms with E-state index >= 15 is 0 Å². The van der Waals surface area contributed by atoms with Crippen molar-refractivity contribution in [3.8, 4) is 5.69 Å². The highest BCUT2D eigenvalue weighted by Gasteiger charge is 2.19. The van der Waals surface area contributed by atoms with Crippen LogP contribution in [0.15, 0.2) is 47.9 Å². The third kappa shape index (κ3) is 3.58. The number of imidazole rings is 1. The SMILES string of the molecule is CCCn1nccc1NC(=O)c1cnc(SC)n1-c1ccc(F)cc1. The summed E-state index contributed by atoms with van der Waals surface area (Å²) in [7, 11) is 0. The summed E-state index contributed by atoms with van der Waals surface area (Å²) in [6, 6.07) is 7.71. The van der Waals surface area contributed by atoms with Gasteiger partial charge in [0.05, 0.1) is 12.4 Å². The highest BCUT2D eigenvalue weighted by molar-refractivity contribution is 7.98. The second-order valence-electron chi connectivity index (χ2n) is 5.34. The summed E-state index contributed by atoms with van der Waals surface area (Å²) in [5, 5.41) is 7.72. The van der Waals surface area contributed by atoms with Gasteiger partial charge in [-0.2, -0.15) is 5.10 Å². The van der Waals surface area contributed by atoms with Crippen molar-refractivity contribution in [3.63, 3.8) is 0 Å². The standard InChI is InChI=1S/C17H18FN5OS/c1-3-10-22-15(8-9-20-22)21-16(24)14-11-19-17(25-2)23(14)13-6-4-12(18)5-7-13/h4-9,11H,3,10H2,1-2H3,(H,21,24). The summed E-state index contributed by atoms with van der Waals surface area (Å²) in [5.41, 5.74) is 1.05. The minimum absolute atomic E-state index is 0.296. The van der Waals surface area contributed by atoms with Gasteiger partial charge in [-0.25, -0.2) is 14.1 Å². The van der Waals surface area contributed by atoms with Gasteiger partial charge in [0.25, 0.3) is 5.91 Å². The molecule has 2 aromatic heterocycles. The van der Waals surface area contributed by atoms with Gasteiger partial charge in [-0.1, -0.05) is 18.7 Å². The number of nitrogens with one attached hydrogen (secondary N) is 1. The maximum atomic E-state index is 13.2. The highest BCUT2D eigenvalue weighted by atomic mass is 32.2. The third-order valence-electron chi connectivity index (χ3n) is 3.62. The molecule has 8 heteroatoms. The second kappa shape index (κ2) is 7.52. The summed E-state index contributed by atoms with van der Waals surface area (Å²) >= 11 is 1.41. The van der Waals surface area contributed by atoms with Crippen LogP contribution in [0.4, 0.5) is 10.2 Å². The van der Waals surface area contributed by atoms with Crippen molar-refractivity contribution in [2.24, 2.45) is 0 Å². The normalized spacial score (nSPS) is 10.8. The van der Waals surface area contributed by atoms with Crippen LogP contribution in [0.5, 0.6) is 0 Å². The van der Waals surface area contributed by atoms with Crippen molar-refractivity contribution in [1.82, 2.24) is 19.3 Å². The maximum absolute atomic E-state index is 13.2. The van der Waals surface area contributed by atoms with E-state index in [1.165, 1.54) is 30.1 Å². The van der Waals surface area contributed by atoms with Gasteiger partial charge >= 0.3 is 0 Å². The molecule has 0 aliphatic heterocycles. The number of carbonyl (C=O) groups is 1. The van der Waals surface area contributed by atoms with Crippen LogP contribution < -0.4 is 5.32 Å². The van der Waals surface area contributed by atoms with E-state index in [-0.39, 0.29) is 11.7 Å². The summed E-state index contributed by atoms with van der Waals surface area (Å²) in [6.07, 6.45) is 5.95. The minimum Gasteiger partial charge on any atom is -0.305 e. The smallest absolute Gasteiger partial charge is 0.275 e. The first-order valence-corrected chi connectivity index (χ1v) is 9.07. The van der Waals surface area contributed by atoms with Crippen molar-refractivity contribution < 1.29 is 9.18 Å². The summed E-state index contributed by atoms with van der Waals surface area (Å²) in [6.45, 7) is 2.76. The summed E-state index contributed by atoms with van der Waals surface area (Å²) in [5.74, 6) is 0.00317. The first-order chi connectivity index (χ1) is 12.1. The maximum Gasteiger partial charge on any atom is 0.275 e. The number of hydrogen-bond donors (Lipinski definition) is 1. The van der Waals surface area contributed by atoms with Crippen molar-refractivity contribution in [2.75, 3.05) is 11.6 Å². The highest BCUT2D eigenvalue weighted by Crippen LogP contribution is 2.23. The van der Waals surface area contributed by atoms with Gasteiger partial charge in [0.2, 0.25) is 0 Å². The molecule has 3 aromatic rings. The van der Waals surface area contributed by atoms with Gasteiger partial charge in [0.1, 0.15) is 17.3 Å². The Morgan fingerprint density at radius 1 is 1.28 bits per heavy atom. The molecule has 0 aliphatic rings. The Bertz CT molecular complexity index is 872. The molecule has 25 heavy (non-hydrogen) atoms. The minimum atomic E-state index is -0.330. The first-order valence-electron chi connectivity index (χ1n) is 7.85. The zero-order valence-corrected chi connectivity index (χ0v) is 14.8. The van der Waals surface area contributed by atoms with Gasteiger partial charge in [-0.3, -0.25) is 9.36 Å². The fourth-order valence-corrected chi connectivity index (χ4v) is 3.03. The second-order valence-corrected chi connectivity index (χ2v) is 6.11. The third-order valence-corrected chi connectivity index (χ3v) is 4.28. The molecule has 130 valence electrons. The number of benzene rings is 1. The van der Waals surface area contributed by atoms with Crippen LogP contribution in [-0.4, -0.2) is 31.5 Å². The van der Waals surface area contributed by atoms with Gasteiger partial charge in [-0.05, 0) is 36.9 Å². The number of aryl methyl sites for hydroxylation is 1. The number of thioether (sulfide) groups is 1. The van der Waals surface area contributed by atoms with Gasteiger partial charge < -0.3 is 5.32 Å². The van der Waals surface area contributed by atoms with Gasteiger partial charge in [0.15, 0.2) is 5.16 Å². The van der Waals surface area contributed by atoms with Crippen molar-refractivity contribution in [1.29, 1.82) is 0 Å². The van der Waals surface area contributed by atoms with Crippen LogP contribution in [0.1, 0.15) is 23.8 Å². The lowest BCUT2D eigenvalue weighted by molar-refractivity contribution is 0.101. The number of amides is 1. The van der Waals surface area contributed by atoms with Crippen LogP contribution >= 0.6 is 11.8 Å². The molecule has 0 bridgehead atoms. The number of anilines is 1. The van der Waals surface area contributed by atoms with E-state index in [4.69, 9.17) is 0 Å². The Kier molecular flexibility index (Phi) is 5.18. The molecule has 0 saturated heterocycles. The lowest BCUT2D eigenvalue weighted by Gasteiger charge is -2.12. The van der Waals surface area contributed by atoms with Crippen LogP contribution in [0.25, 0.3) is 5.69 Å². The van der Waals surface area contributed by atoms with Crippen LogP contribution in [0.2, 0.25) is 0 Å². The Labute approximate surface area is 149 Å². The molecule has 1 aromatic carbocycles. The molecule has 0 saturated carbocycles.